The van der Waals surface area contributed by atoms with Gasteiger partial charge >= 0.3 is 0 Å². The Kier molecular flexibility index (Phi) is 4.37. The molecule has 0 fully saturated rings. The highest BCUT2D eigenvalue weighted by atomic mass is 79.9. The highest BCUT2D eigenvalue weighted by Gasteiger charge is 2.11. The van der Waals surface area contributed by atoms with Gasteiger partial charge in [0.05, 0.1) is 4.83 Å². The Morgan fingerprint density at radius 3 is 1.76 bits per heavy atom. The number of halogens is 4. The van der Waals surface area contributed by atoms with Crippen molar-refractivity contribution in [1.29, 1.82) is 0 Å². The van der Waals surface area contributed by atoms with E-state index < -0.39 is 0 Å². The van der Waals surface area contributed by atoms with Crippen LogP contribution in [-0.4, -0.2) is 0 Å². The quantitative estimate of drug-likeness (QED) is 0.571. The molecule has 2 aromatic rings. The Morgan fingerprint density at radius 1 is 0.706 bits per heavy atom. The second-order valence-electron chi connectivity index (χ2n) is 3.62. The lowest BCUT2D eigenvalue weighted by molar-refractivity contribution is 1.18. The summed E-state index contributed by atoms with van der Waals surface area (Å²) in [7, 11) is 0. The van der Waals surface area contributed by atoms with Crippen LogP contribution in [0, 0.1) is 0 Å². The molecule has 0 saturated carbocycles. The zero-order valence-corrected chi connectivity index (χ0v) is 12.5. The lowest BCUT2D eigenvalue weighted by Crippen LogP contribution is -1.92. The van der Waals surface area contributed by atoms with Crippen LogP contribution >= 0.6 is 50.7 Å². The van der Waals surface area contributed by atoms with Crippen LogP contribution in [0.2, 0.25) is 15.1 Å². The topological polar surface area (TPSA) is 0 Å². The molecule has 4 heteroatoms. The minimum absolute atomic E-state index is 0.0518. The third kappa shape index (κ3) is 3.38. The number of hydrogen-bond donors (Lipinski definition) is 0. The molecule has 0 aliphatic carbocycles. The van der Waals surface area contributed by atoms with Gasteiger partial charge in [0.1, 0.15) is 0 Å². The Balaban J connectivity index is 2.36. The van der Waals surface area contributed by atoms with Crippen LogP contribution in [0.25, 0.3) is 0 Å². The van der Waals surface area contributed by atoms with Crippen molar-refractivity contribution < 1.29 is 0 Å². The van der Waals surface area contributed by atoms with Gasteiger partial charge in [-0.05, 0) is 41.5 Å². The second-order valence-corrected chi connectivity index (χ2v) is 5.84. The first-order valence-electron chi connectivity index (χ1n) is 4.92. The van der Waals surface area contributed by atoms with Crippen LogP contribution in [0.15, 0.2) is 42.5 Å². The standard InChI is InChI=1S/C13H8BrCl3/c14-13(8-1-3-10(15)4-2-8)9-5-11(16)7-12(17)6-9/h1-7,13H. The molecule has 0 saturated heterocycles. The van der Waals surface area contributed by atoms with Gasteiger partial charge in [-0.15, -0.1) is 0 Å². The van der Waals surface area contributed by atoms with Gasteiger partial charge in [-0.1, -0.05) is 62.9 Å². The van der Waals surface area contributed by atoms with Crippen molar-refractivity contribution in [2.24, 2.45) is 0 Å². The first kappa shape index (κ1) is 13.2. The molecule has 2 rings (SSSR count). The number of rotatable bonds is 2. The lowest BCUT2D eigenvalue weighted by atomic mass is 10.1. The maximum atomic E-state index is 5.98. The van der Waals surface area contributed by atoms with E-state index in [1.54, 1.807) is 6.07 Å². The van der Waals surface area contributed by atoms with Crippen molar-refractivity contribution >= 4 is 50.7 Å². The smallest absolute Gasteiger partial charge is 0.0645 e. The molecule has 0 spiro atoms. The molecule has 0 amide bonds. The minimum Gasteiger partial charge on any atom is -0.0843 e. The Bertz CT molecular complexity index is 502. The van der Waals surface area contributed by atoms with Crippen molar-refractivity contribution in [2.45, 2.75) is 4.83 Å². The van der Waals surface area contributed by atoms with Gasteiger partial charge in [0.25, 0.3) is 0 Å². The van der Waals surface area contributed by atoms with Crippen molar-refractivity contribution in [3.63, 3.8) is 0 Å². The normalized spacial score (nSPS) is 12.5. The summed E-state index contributed by atoms with van der Waals surface area (Å²) < 4.78 is 0. The largest absolute Gasteiger partial charge is 0.0843 e. The molecule has 0 radical (unpaired) electrons. The molecule has 17 heavy (non-hydrogen) atoms. The third-order valence-corrected chi connectivity index (χ3v) is 4.09. The molecular weight excluding hydrogens is 342 g/mol. The van der Waals surface area contributed by atoms with Crippen molar-refractivity contribution in [2.75, 3.05) is 0 Å². The van der Waals surface area contributed by atoms with E-state index in [4.69, 9.17) is 34.8 Å². The van der Waals surface area contributed by atoms with E-state index in [9.17, 15) is 0 Å². The van der Waals surface area contributed by atoms with Gasteiger partial charge in [-0.2, -0.15) is 0 Å². The number of alkyl halides is 1. The summed E-state index contributed by atoms with van der Waals surface area (Å²) in [6, 6.07) is 13.2. The molecule has 0 nitrogen and oxygen atoms in total. The van der Waals surface area contributed by atoms with Crippen molar-refractivity contribution in [3.05, 3.63) is 68.7 Å². The maximum Gasteiger partial charge on any atom is 0.0645 e. The van der Waals surface area contributed by atoms with E-state index in [0.29, 0.717) is 10.0 Å². The predicted molar refractivity (Wildman–Crippen MR) is 78.7 cm³/mol. The van der Waals surface area contributed by atoms with E-state index in [-0.39, 0.29) is 4.83 Å². The van der Waals surface area contributed by atoms with E-state index in [0.717, 1.165) is 16.1 Å². The van der Waals surface area contributed by atoms with Gasteiger partial charge in [0, 0.05) is 15.1 Å². The summed E-state index contributed by atoms with van der Waals surface area (Å²) in [5.41, 5.74) is 2.12. The zero-order valence-electron chi connectivity index (χ0n) is 8.63. The molecule has 0 aliphatic rings. The van der Waals surface area contributed by atoms with Crippen molar-refractivity contribution in [1.82, 2.24) is 0 Å². The van der Waals surface area contributed by atoms with Crippen molar-refractivity contribution in [3.8, 4) is 0 Å². The van der Waals surface area contributed by atoms with E-state index >= 15 is 0 Å². The average Bonchev–Trinajstić information content (AvgIpc) is 2.28. The van der Waals surface area contributed by atoms with Gasteiger partial charge in [0.2, 0.25) is 0 Å². The summed E-state index contributed by atoms with van der Waals surface area (Å²) in [5.74, 6) is 0. The molecule has 0 N–H and O–H groups in total. The first-order chi connectivity index (χ1) is 8.06. The molecule has 2 aromatic carbocycles. The number of hydrogen-bond acceptors (Lipinski definition) is 0. The van der Waals surface area contributed by atoms with Crippen LogP contribution < -0.4 is 0 Å². The molecule has 1 unspecified atom stereocenters. The summed E-state index contributed by atoms with van der Waals surface area (Å²) in [5, 5.41) is 1.98. The maximum absolute atomic E-state index is 5.98. The first-order valence-corrected chi connectivity index (χ1v) is 6.97. The molecule has 88 valence electrons. The van der Waals surface area contributed by atoms with Crippen LogP contribution in [0.4, 0.5) is 0 Å². The fourth-order valence-corrected chi connectivity index (χ4v) is 2.78. The van der Waals surface area contributed by atoms with Crippen LogP contribution in [0.1, 0.15) is 16.0 Å². The Labute approximate surface area is 124 Å². The van der Waals surface area contributed by atoms with Crippen LogP contribution in [0.5, 0.6) is 0 Å². The van der Waals surface area contributed by atoms with Gasteiger partial charge < -0.3 is 0 Å². The van der Waals surface area contributed by atoms with E-state index in [1.165, 1.54) is 0 Å². The summed E-state index contributed by atoms with van der Waals surface area (Å²) in [6.45, 7) is 0. The highest BCUT2D eigenvalue weighted by Crippen LogP contribution is 2.34. The van der Waals surface area contributed by atoms with Gasteiger partial charge in [-0.25, -0.2) is 0 Å². The van der Waals surface area contributed by atoms with E-state index in [2.05, 4.69) is 15.9 Å². The minimum atomic E-state index is 0.0518. The van der Waals surface area contributed by atoms with Crippen LogP contribution in [-0.2, 0) is 0 Å². The SMILES string of the molecule is Clc1ccc(C(Br)c2cc(Cl)cc(Cl)c2)cc1. The monoisotopic (exact) mass is 348 g/mol. The van der Waals surface area contributed by atoms with Gasteiger partial charge in [0.15, 0.2) is 0 Å². The molecular formula is C13H8BrCl3. The second kappa shape index (κ2) is 5.62. The fraction of sp³-hybridized carbons (Fsp3) is 0.0769. The molecule has 1 atom stereocenters. The highest BCUT2D eigenvalue weighted by molar-refractivity contribution is 9.09. The summed E-state index contributed by atoms with van der Waals surface area (Å²) >= 11 is 21.4. The average molecular weight is 350 g/mol. The lowest BCUT2D eigenvalue weighted by Gasteiger charge is -2.11. The summed E-state index contributed by atoms with van der Waals surface area (Å²) in [4.78, 5) is 0.0518. The third-order valence-electron chi connectivity index (χ3n) is 2.34. The van der Waals surface area contributed by atoms with Crippen LogP contribution in [0.3, 0.4) is 0 Å². The molecule has 0 bridgehead atoms. The van der Waals surface area contributed by atoms with Gasteiger partial charge in [-0.3, -0.25) is 0 Å². The Morgan fingerprint density at radius 2 is 1.24 bits per heavy atom. The predicted octanol–water partition coefficient (Wildman–Crippen LogP) is 6.13. The fourth-order valence-electron chi connectivity index (χ4n) is 1.55. The summed E-state index contributed by atoms with van der Waals surface area (Å²) in [6.07, 6.45) is 0. The van der Waals surface area contributed by atoms with E-state index in [1.807, 2.05) is 36.4 Å². The molecule has 0 heterocycles. The number of benzene rings is 2. The molecule has 0 aromatic heterocycles. The molecule has 0 aliphatic heterocycles. The Hall–Kier alpha value is -0.210. The zero-order chi connectivity index (χ0) is 12.4.